The Morgan fingerprint density at radius 1 is 1.20 bits per heavy atom. The Balaban J connectivity index is 4.86. The lowest BCUT2D eigenvalue weighted by Gasteiger charge is -2.32. The fourth-order valence-corrected chi connectivity index (χ4v) is 0.794. The molecule has 0 aliphatic heterocycles. The number of hydrogen-bond donors (Lipinski definition) is 5. The predicted octanol–water partition coefficient (Wildman–Crippen LogP) is -1.55. The fourth-order valence-electron chi connectivity index (χ4n) is 0.653. The summed E-state index contributed by atoms with van der Waals surface area (Å²) in [5.74, 6) is -3.95. The van der Waals surface area contributed by atoms with Crippen molar-refractivity contribution in [2.24, 2.45) is 0 Å². The first-order chi connectivity index (χ1) is 6.57. The summed E-state index contributed by atoms with van der Waals surface area (Å²) in [7, 11) is 0. The van der Waals surface area contributed by atoms with E-state index in [1.807, 2.05) is 0 Å². The van der Waals surface area contributed by atoms with Crippen molar-refractivity contribution in [3.63, 3.8) is 0 Å². The maximum atomic E-state index is 12.6. The van der Waals surface area contributed by atoms with Crippen molar-refractivity contribution in [2.45, 2.75) is 29.4 Å². The van der Waals surface area contributed by atoms with E-state index in [2.05, 4.69) is 12.6 Å². The zero-order valence-corrected chi connectivity index (χ0v) is 7.98. The number of aliphatic hydroxyl groups is 4. The second-order valence-corrected chi connectivity index (χ2v) is 3.54. The van der Waals surface area contributed by atoms with Crippen molar-refractivity contribution >= 4 is 18.9 Å². The van der Waals surface area contributed by atoms with Crippen LogP contribution >= 0.6 is 12.6 Å². The molecule has 0 rings (SSSR count). The van der Waals surface area contributed by atoms with E-state index in [-0.39, 0.29) is 0 Å². The van der Waals surface area contributed by atoms with Gasteiger partial charge in [-0.1, -0.05) is 0 Å². The van der Waals surface area contributed by atoms with Crippen LogP contribution in [0.5, 0.6) is 0 Å². The third-order valence-electron chi connectivity index (χ3n) is 1.64. The lowest BCUT2D eigenvalue weighted by Crippen LogP contribution is -2.57. The van der Waals surface area contributed by atoms with Gasteiger partial charge in [0, 0.05) is 0 Å². The highest BCUT2D eigenvalue weighted by atomic mass is 32.1. The molecule has 9 heteroatoms. The maximum absolute atomic E-state index is 12.6. The molecule has 0 bridgehead atoms. The number of aldehydes is 1. The number of hydrogen-bond acceptors (Lipinski definition) is 6. The van der Waals surface area contributed by atoms with Crippen LogP contribution in [0.4, 0.5) is 13.2 Å². The third-order valence-corrected chi connectivity index (χ3v) is 2.10. The molecule has 0 unspecified atom stereocenters. The Hall–Kier alpha value is -0.350. The second kappa shape index (κ2) is 4.66. The first-order valence-corrected chi connectivity index (χ1v) is 3.98. The number of carbonyl (C=O) groups excluding carboxylic acids is 1. The second-order valence-electron chi connectivity index (χ2n) is 2.82. The van der Waals surface area contributed by atoms with Crippen LogP contribution in [0.2, 0.25) is 0 Å². The van der Waals surface area contributed by atoms with Gasteiger partial charge < -0.3 is 20.4 Å². The van der Waals surface area contributed by atoms with Crippen LogP contribution in [-0.4, -0.2) is 56.1 Å². The number of aliphatic hydroxyl groups excluding tert-OH is 2. The molecule has 5 nitrogen and oxygen atoms in total. The molecular formula is C6H9F3O5S. The van der Waals surface area contributed by atoms with E-state index in [9.17, 15) is 18.0 Å². The summed E-state index contributed by atoms with van der Waals surface area (Å²) >= 11 is 2.89. The van der Waals surface area contributed by atoms with E-state index in [0.29, 0.717) is 0 Å². The normalized spacial score (nSPS) is 24.1. The molecule has 0 spiro atoms. The van der Waals surface area contributed by atoms with E-state index >= 15 is 0 Å². The molecule has 0 aromatic heterocycles. The minimum absolute atomic E-state index is 0.809. The van der Waals surface area contributed by atoms with Crippen molar-refractivity contribution in [1.29, 1.82) is 0 Å². The van der Waals surface area contributed by atoms with Gasteiger partial charge in [0.15, 0.2) is 11.2 Å². The zero-order valence-electron chi connectivity index (χ0n) is 7.09. The number of rotatable bonds is 5. The molecule has 0 aliphatic rings. The summed E-state index contributed by atoms with van der Waals surface area (Å²) in [6.07, 6.45) is -10.3. The van der Waals surface area contributed by atoms with Crippen molar-refractivity contribution in [1.82, 2.24) is 0 Å². The lowest BCUT2D eigenvalue weighted by molar-refractivity contribution is -0.219. The van der Waals surface area contributed by atoms with Gasteiger partial charge >= 0.3 is 0 Å². The van der Waals surface area contributed by atoms with Crippen LogP contribution in [0, 0.1) is 0 Å². The van der Waals surface area contributed by atoms with Crippen LogP contribution in [0.15, 0.2) is 0 Å². The highest BCUT2D eigenvalue weighted by molar-refractivity contribution is 7.81. The monoisotopic (exact) mass is 250 g/mol. The molecular weight excluding hydrogens is 241 g/mol. The van der Waals surface area contributed by atoms with Crippen LogP contribution in [-0.2, 0) is 4.79 Å². The Morgan fingerprint density at radius 2 is 1.60 bits per heavy atom. The van der Waals surface area contributed by atoms with Gasteiger partial charge in [0.2, 0.25) is 0 Å². The minimum Gasteiger partial charge on any atom is -0.386 e. The molecule has 0 amide bonds. The van der Waals surface area contributed by atoms with Crippen molar-refractivity contribution < 1.29 is 38.4 Å². The Kier molecular flexibility index (Phi) is 4.55. The zero-order chi connectivity index (χ0) is 12.4. The summed E-state index contributed by atoms with van der Waals surface area (Å²) in [5, 5.41) is 34.9. The molecule has 4 atom stereocenters. The van der Waals surface area contributed by atoms with E-state index in [1.165, 1.54) is 0 Å². The number of alkyl halides is 3. The fraction of sp³-hybridized carbons (Fsp3) is 0.833. The van der Waals surface area contributed by atoms with Gasteiger partial charge in [-0.2, -0.15) is 0 Å². The van der Waals surface area contributed by atoms with E-state index in [0.717, 1.165) is 0 Å². The highest BCUT2D eigenvalue weighted by Gasteiger charge is 2.52. The van der Waals surface area contributed by atoms with Gasteiger partial charge in [0.25, 0.3) is 12.3 Å². The third kappa shape index (κ3) is 3.05. The predicted molar refractivity (Wildman–Crippen MR) is 44.1 cm³/mol. The molecule has 4 N–H and O–H groups in total. The summed E-state index contributed by atoms with van der Waals surface area (Å²) in [6.45, 7) is 0. The van der Waals surface area contributed by atoms with Crippen LogP contribution < -0.4 is 0 Å². The molecule has 0 heterocycles. The SMILES string of the molecule is O=C[C@@](O)(F)[C@H](O)[C@@H](O)[C@](O)(S)C(F)F. The standard InChI is InChI=1S/C6H9F3O5S/c7-4(8)6(14,15)3(12)2(11)5(9,13)1-10/h1-4,11-15H/t2-,3-,5+,6+/m1/s1. The molecule has 0 aromatic rings. The molecule has 0 fully saturated rings. The first-order valence-electron chi connectivity index (χ1n) is 3.54. The average Bonchev–Trinajstić information content (AvgIpc) is 2.15. The molecule has 0 aliphatic carbocycles. The molecule has 90 valence electrons. The highest BCUT2D eigenvalue weighted by Crippen LogP contribution is 2.29. The quantitative estimate of drug-likeness (QED) is 0.231. The Labute approximate surface area is 87.6 Å². The number of carbonyl (C=O) groups is 1. The summed E-state index contributed by atoms with van der Waals surface area (Å²) < 4.78 is 36.7. The van der Waals surface area contributed by atoms with E-state index < -0.39 is 35.7 Å². The first kappa shape index (κ1) is 14.6. The minimum atomic E-state index is -3.95. The smallest absolute Gasteiger partial charge is 0.291 e. The molecule has 0 radical (unpaired) electrons. The van der Waals surface area contributed by atoms with Crippen molar-refractivity contribution in [3.05, 3.63) is 0 Å². The van der Waals surface area contributed by atoms with Crippen molar-refractivity contribution in [3.8, 4) is 0 Å². The Morgan fingerprint density at radius 3 is 1.87 bits per heavy atom. The van der Waals surface area contributed by atoms with Crippen molar-refractivity contribution in [2.75, 3.05) is 0 Å². The molecule has 0 aromatic carbocycles. The lowest BCUT2D eigenvalue weighted by atomic mass is 10.0. The molecule has 15 heavy (non-hydrogen) atoms. The van der Waals surface area contributed by atoms with Gasteiger partial charge in [-0.15, -0.1) is 12.6 Å². The average molecular weight is 250 g/mol. The molecule has 0 saturated carbocycles. The summed E-state index contributed by atoms with van der Waals surface area (Å²) in [5.41, 5.74) is 0. The number of halogens is 3. The number of thiol groups is 1. The largest absolute Gasteiger partial charge is 0.386 e. The maximum Gasteiger partial charge on any atom is 0.291 e. The Bertz CT molecular complexity index is 235. The van der Waals surface area contributed by atoms with Gasteiger partial charge in [0.1, 0.15) is 12.2 Å². The van der Waals surface area contributed by atoms with Crippen LogP contribution in [0.3, 0.4) is 0 Å². The van der Waals surface area contributed by atoms with Crippen LogP contribution in [0.25, 0.3) is 0 Å². The topological polar surface area (TPSA) is 98.0 Å². The summed E-state index contributed by atoms with van der Waals surface area (Å²) in [6, 6.07) is 0. The van der Waals surface area contributed by atoms with Gasteiger partial charge in [0.05, 0.1) is 0 Å². The van der Waals surface area contributed by atoms with Gasteiger partial charge in [-0.05, 0) is 0 Å². The summed E-state index contributed by atoms with van der Waals surface area (Å²) in [4.78, 5) is 6.42. The van der Waals surface area contributed by atoms with Gasteiger partial charge in [-0.25, -0.2) is 13.2 Å². The van der Waals surface area contributed by atoms with E-state index in [1.54, 1.807) is 0 Å². The van der Waals surface area contributed by atoms with Gasteiger partial charge in [-0.3, -0.25) is 4.79 Å². The van der Waals surface area contributed by atoms with Crippen LogP contribution in [0.1, 0.15) is 0 Å². The van der Waals surface area contributed by atoms with E-state index in [4.69, 9.17) is 20.4 Å². The molecule has 0 saturated heterocycles.